The van der Waals surface area contributed by atoms with Gasteiger partial charge in [0.2, 0.25) is 0 Å². The number of aromatic hydroxyl groups is 2. The predicted molar refractivity (Wildman–Crippen MR) is 98.4 cm³/mol. The number of carbonyl (C=O) groups excluding carboxylic acids is 2. The van der Waals surface area contributed by atoms with Crippen molar-refractivity contribution in [2.75, 3.05) is 0 Å². The van der Waals surface area contributed by atoms with Crippen LogP contribution in [0.2, 0.25) is 0 Å². The van der Waals surface area contributed by atoms with Gasteiger partial charge in [-0.2, -0.15) is 0 Å². The van der Waals surface area contributed by atoms with Crippen LogP contribution in [0.5, 0.6) is 11.5 Å². The Hall–Kier alpha value is -2.48. The molecule has 1 rings (SSSR count). The van der Waals surface area contributed by atoms with Gasteiger partial charge in [0.15, 0.2) is 11.5 Å². The number of benzene rings is 1. The van der Waals surface area contributed by atoms with Crippen molar-refractivity contribution in [3.05, 3.63) is 23.8 Å². The minimum atomic E-state index is -0.977. The summed E-state index contributed by atoms with van der Waals surface area (Å²) >= 11 is 0. The second kappa shape index (κ2) is 9.45. The minimum absolute atomic E-state index is 0.112. The predicted octanol–water partition coefficient (Wildman–Crippen LogP) is 2.63. The van der Waals surface area contributed by atoms with Crippen molar-refractivity contribution in [2.24, 2.45) is 5.73 Å². The zero-order valence-corrected chi connectivity index (χ0v) is 16.4. The number of hydrogen-bond donors (Lipinski definition) is 3. The third kappa shape index (κ3) is 7.34. The summed E-state index contributed by atoms with van der Waals surface area (Å²) in [5.74, 6) is -1.22. The SMILES string of the molecule is CCC(C)(C)OC(=O)OC(C)[C@H](C)OC(=O)[C@@H](N)Cc1ccc(O)c(O)c1. The lowest BCUT2D eigenvalue weighted by Gasteiger charge is -2.26. The Morgan fingerprint density at radius 3 is 2.26 bits per heavy atom. The first-order valence-electron chi connectivity index (χ1n) is 8.81. The van der Waals surface area contributed by atoms with Crippen LogP contribution in [0.4, 0.5) is 4.79 Å². The summed E-state index contributed by atoms with van der Waals surface area (Å²) in [5, 5.41) is 18.8. The topological polar surface area (TPSA) is 128 Å². The van der Waals surface area contributed by atoms with E-state index in [9.17, 15) is 19.8 Å². The van der Waals surface area contributed by atoms with Gasteiger partial charge >= 0.3 is 12.1 Å². The molecule has 0 aliphatic carbocycles. The number of nitrogens with two attached hydrogens (primary N) is 1. The van der Waals surface area contributed by atoms with Crippen LogP contribution < -0.4 is 5.73 Å². The molecule has 0 aromatic heterocycles. The first-order valence-corrected chi connectivity index (χ1v) is 8.81. The van der Waals surface area contributed by atoms with Gasteiger partial charge in [0.05, 0.1) is 0 Å². The molecule has 27 heavy (non-hydrogen) atoms. The summed E-state index contributed by atoms with van der Waals surface area (Å²) in [6, 6.07) is 3.20. The van der Waals surface area contributed by atoms with Crippen molar-refractivity contribution < 1.29 is 34.0 Å². The Morgan fingerprint density at radius 1 is 1.11 bits per heavy atom. The molecule has 0 saturated carbocycles. The van der Waals surface area contributed by atoms with Gasteiger partial charge in [0.25, 0.3) is 0 Å². The molecule has 3 atom stereocenters. The molecule has 1 aromatic carbocycles. The second-order valence-electron chi connectivity index (χ2n) is 7.06. The van der Waals surface area contributed by atoms with Crippen molar-refractivity contribution in [3.63, 3.8) is 0 Å². The Labute approximate surface area is 159 Å². The first kappa shape index (κ1) is 22.6. The van der Waals surface area contributed by atoms with Crippen LogP contribution in [-0.2, 0) is 25.4 Å². The standard InChI is InChI=1S/C19H29NO7/c1-6-19(4,5)27-18(24)26-12(3)11(2)25-17(23)14(20)9-13-7-8-15(21)16(22)10-13/h7-8,10-12,14,21-22H,6,9,20H2,1-5H3/t11-,12?,14-/m0/s1. The third-order valence-electron chi connectivity index (χ3n) is 4.25. The summed E-state index contributed by atoms with van der Waals surface area (Å²) in [4.78, 5) is 23.9. The van der Waals surface area contributed by atoms with Crippen molar-refractivity contribution in [3.8, 4) is 11.5 Å². The summed E-state index contributed by atoms with van der Waals surface area (Å²) in [5.41, 5.74) is 5.76. The molecule has 1 unspecified atom stereocenters. The Bertz CT molecular complexity index is 659. The molecule has 0 bridgehead atoms. The molecule has 8 heteroatoms. The number of esters is 1. The molecule has 4 N–H and O–H groups in total. The van der Waals surface area contributed by atoms with E-state index < -0.39 is 36.0 Å². The zero-order valence-electron chi connectivity index (χ0n) is 16.4. The molecule has 0 aliphatic heterocycles. The molecule has 152 valence electrons. The monoisotopic (exact) mass is 383 g/mol. The van der Waals surface area contributed by atoms with Crippen molar-refractivity contribution in [1.82, 2.24) is 0 Å². The Kier molecular flexibility index (Phi) is 7.90. The summed E-state index contributed by atoms with van der Waals surface area (Å²) in [6.07, 6.45) is -1.54. The fourth-order valence-electron chi connectivity index (χ4n) is 1.97. The van der Waals surface area contributed by atoms with E-state index in [-0.39, 0.29) is 17.9 Å². The van der Waals surface area contributed by atoms with Gasteiger partial charge in [-0.3, -0.25) is 4.79 Å². The van der Waals surface area contributed by atoms with E-state index in [0.29, 0.717) is 12.0 Å². The maximum absolute atomic E-state index is 12.1. The van der Waals surface area contributed by atoms with E-state index in [1.54, 1.807) is 33.8 Å². The first-order chi connectivity index (χ1) is 12.4. The maximum atomic E-state index is 12.1. The fraction of sp³-hybridized carbons (Fsp3) is 0.579. The van der Waals surface area contributed by atoms with E-state index in [2.05, 4.69) is 0 Å². The lowest BCUT2D eigenvalue weighted by atomic mass is 10.1. The molecule has 0 spiro atoms. The fourth-order valence-corrected chi connectivity index (χ4v) is 1.97. The van der Waals surface area contributed by atoms with Gasteiger partial charge in [-0.05, 0) is 58.2 Å². The molecule has 0 saturated heterocycles. The quantitative estimate of drug-likeness (QED) is 0.462. The van der Waals surface area contributed by atoms with Crippen LogP contribution in [0.1, 0.15) is 46.6 Å². The molecule has 1 aromatic rings. The van der Waals surface area contributed by atoms with Crippen LogP contribution in [-0.4, -0.2) is 46.2 Å². The molecular weight excluding hydrogens is 354 g/mol. The lowest BCUT2D eigenvalue weighted by Crippen LogP contribution is -2.40. The normalized spacial score (nSPS) is 14.7. The summed E-state index contributed by atoms with van der Waals surface area (Å²) in [7, 11) is 0. The van der Waals surface area contributed by atoms with E-state index in [1.165, 1.54) is 12.1 Å². The zero-order chi connectivity index (χ0) is 20.8. The number of rotatable bonds is 8. The van der Waals surface area contributed by atoms with E-state index in [4.69, 9.17) is 19.9 Å². The molecule has 0 aliphatic rings. The molecule has 0 amide bonds. The Balaban J connectivity index is 2.54. The smallest absolute Gasteiger partial charge is 0.504 e. The number of phenolic OH excluding ortho intramolecular Hbond substituents is 2. The third-order valence-corrected chi connectivity index (χ3v) is 4.25. The average Bonchev–Trinajstić information content (AvgIpc) is 2.57. The van der Waals surface area contributed by atoms with Gasteiger partial charge in [0, 0.05) is 0 Å². The van der Waals surface area contributed by atoms with Crippen LogP contribution in [0.15, 0.2) is 18.2 Å². The average molecular weight is 383 g/mol. The highest BCUT2D eigenvalue weighted by Gasteiger charge is 2.27. The number of phenols is 2. The second-order valence-corrected chi connectivity index (χ2v) is 7.06. The highest BCUT2D eigenvalue weighted by molar-refractivity contribution is 5.76. The summed E-state index contributed by atoms with van der Waals surface area (Å²) < 4.78 is 15.6. The number of ether oxygens (including phenoxy) is 3. The molecule has 0 radical (unpaired) electrons. The van der Waals surface area contributed by atoms with Gasteiger partial charge in [-0.15, -0.1) is 0 Å². The Morgan fingerprint density at radius 2 is 1.70 bits per heavy atom. The summed E-state index contributed by atoms with van der Waals surface area (Å²) in [6.45, 7) is 8.59. The molecule has 0 fully saturated rings. The van der Waals surface area contributed by atoms with Crippen molar-refractivity contribution in [1.29, 1.82) is 0 Å². The lowest BCUT2D eigenvalue weighted by molar-refractivity contribution is -0.156. The van der Waals surface area contributed by atoms with Crippen molar-refractivity contribution >= 4 is 12.1 Å². The van der Waals surface area contributed by atoms with E-state index >= 15 is 0 Å². The molecule has 0 heterocycles. The van der Waals surface area contributed by atoms with Gasteiger partial charge in [-0.25, -0.2) is 4.79 Å². The van der Waals surface area contributed by atoms with Crippen LogP contribution >= 0.6 is 0 Å². The molecular formula is C19H29NO7. The van der Waals surface area contributed by atoms with E-state index in [0.717, 1.165) is 0 Å². The highest BCUT2D eigenvalue weighted by atomic mass is 16.7. The highest BCUT2D eigenvalue weighted by Crippen LogP contribution is 2.25. The number of hydrogen-bond acceptors (Lipinski definition) is 8. The van der Waals surface area contributed by atoms with Gasteiger partial charge in [-0.1, -0.05) is 13.0 Å². The van der Waals surface area contributed by atoms with E-state index in [1.807, 2.05) is 6.92 Å². The van der Waals surface area contributed by atoms with Gasteiger partial charge < -0.3 is 30.2 Å². The maximum Gasteiger partial charge on any atom is 0.509 e. The van der Waals surface area contributed by atoms with Gasteiger partial charge in [0.1, 0.15) is 23.9 Å². The van der Waals surface area contributed by atoms with Crippen LogP contribution in [0.25, 0.3) is 0 Å². The number of carbonyl (C=O) groups is 2. The molecule has 8 nitrogen and oxygen atoms in total. The van der Waals surface area contributed by atoms with Crippen molar-refractivity contribution in [2.45, 2.75) is 71.3 Å². The van der Waals surface area contributed by atoms with Crippen LogP contribution in [0.3, 0.4) is 0 Å². The van der Waals surface area contributed by atoms with Crippen LogP contribution in [0, 0.1) is 0 Å². The largest absolute Gasteiger partial charge is 0.509 e. The minimum Gasteiger partial charge on any atom is -0.504 e.